The van der Waals surface area contributed by atoms with Crippen LogP contribution in [0.4, 0.5) is 10.1 Å². The highest BCUT2D eigenvalue weighted by Gasteiger charge is 2.17. The number of ether oxygens (including phenoxy) is 1. The fraction of sp³-hybridized carbons (Fsp3) is 0.364. The van der Waals surface area contributed by atoms with Gasteiger partial charge >= 0.3 is 5.97 Å². The Morgan fingerprint density at radius 2 is 1.63 bits per heavy atom. The smallest absolute Gasteiger partial charge is 0.338 e. The zero-order valence-corrected chi connectivity index (χ0v) is 16.4. The number of hydrogen-bond acceptors (Lipinski definition) is 3. The lowest BCUT2D eigenvalue weighted by Crippen LogP contribution is -2.22. The molecular weight excluding hydrogens is 345 g/mol. The van der Waals surface area contributed by atoms with Crippen molar-refractivity contribution in [3.05, 3.63) is 64.5 Å². The third-order valence-electron chi connectivity index (χ3n) is 4.38. The number of nitrogens with one attached hydrogen (secondary N) is 1. The predicted octanol–water partition coefficient (Wildman–Crippen LogP) is 5.18. The minimum Gasteiger partial charge on any atom is -0.452 e. The molecule has 0 aliphatic heterocycles. The number of amides is 1. The van der Waals surface area contributed by atoms with Gasteiger partial charge in [-0.25, -0.2) is 9.18 Å². The number of anilines is 1. The van der Waals surface area contributed by atoms with Crippen molar-refractivity contribution in [2.45, 2.75) is 46.5 Å². The maximum Gasteiger partial charge on any atom is 0.338 e. The van der Waals surface area contributed by atoms with Gasteiger partial charge in [-0.3, -0.25) is 4.79 Å². The van der Waals surface area contributed by atoms with Crippen molar-refractivity contribution in [3.8, 4) is 0 Å². The maximum atomic E-state index is 13.6. The van der Waals surface area contributed by atoms with E-state index in [0.29, 0.717) is 5.56 Å². The molecule has 5 heteroatoms. The Morgan fingerprint density at radius 1 is 1.04 bits per heavy atom. The fourth-order valence-electron chi connectivity index (χ4n) is 2.81. The van der Waals surface area contributed by atoms with Crippen molar-refractivity contribution >= 4 is 17.6 Å². The van der Waals surface area contributed by atoms with Gasteiger partial charge < -0.3 is 10.1 Å². The zero-order valence-electron chi connectivity index (χ0n) is 16.4. The Labute approximate surface area is 159 Å². The number of hydrogen-bond donors (Lipinski definition) is 1. The molecule has 0 bridgehead atoms. The molecule has 1 N–H and O–H groups in total. The molecule has 0 radical (unpaired) electrons. The molecule has 2 aromatic carbocycles. The summed E-state index contributed by atoms with van der Waals surface area (Å²) in [6.45, 7) is 9.40. The quantitative estimate of drug-likeness (QED) is 0.712. The number of rotatable bonds is 6. The molecule has 0 unspecified atom stereocenters. The van der Waals surface area contributed by atoms with E-state index >= 15 is 0 Å². The third-order valence-corrected chi connectivity index (χ3v) is 4.38. The van der Waals surface area contributed by atoms with Crippen molar-refractivity contribution in [3.63, 3.8) is 0 Å². The Bertz CT molecular complexity index is 817. The number of halogens is 1. The van der Waals surface area contributed by atoms with Crippen LogP contribution in [-0.4, -0.2) is 18.5 Å². The van der Waals surface area contributed by atoms with Gasteiger partial charge in [-0.05, 0) is 47.6 Å². The van der Waals surface area contributed by atoms with Crippen LogP contribution in [0.15, 0.2) is 36.4 Å². The summed E-state index contributed by atoms with van der Waals surface area (Å²) >= 11 is 0. The van der Waals surface area contributed by atoms with E-state index in [-0.39, 0.29) is 17.4 Å². The lowest BCUT2D eigenvalue weighted by molar-refractivity contribution is -0.119. The second-order valence-electron chi connectivity index (χ2n) is 7.21. The van der Waals surface area contributed by atoms with E-state index < -0.39 is 24.3 Å². The number of benzene rings is 2. The summed E-state index contributed by atoms with van der Waals surface area (Å²) in [5.41, 5.74) is 3.35. The Balaban J connectivity index is 2.09. The largest absolute Gasteiger partial charge is 0.452 e. The van der Waals surface area contributed by atoms with Crippen molar-refractivity contribution in [2.24, 2.45) is 0 Å². The Morgan fingerprint density at radius 3 is 2.15 bits per heavy atom. The Kier molecular flexibility index (Phi) is 6.72. The van der Waals surface area contributed by atoms with Crippen LogP contribution in [0.2, 0.25) is 0 Å². The molecular formula is C22H26FNO3. The molecule has 0 saturated heterocycles. The van der Waals surface area contributed by atoms with Crippen LogP contribution in [-0.2, 0) is 9.53 Å². The highest BCUT2D eigenvalue weighted by Crippen LogP contribution is 2.32. The monoisotopic (exact) mass is 371 g/mol. The summed E-state index contributed by atoms with van der Waals surface area (Å²) in [6.07, 6.45) is 0. The second-order valence-corrected chi connectivity index (χ2v) is 7.21. The van der Waals surface area contributed by atoms with E-state index in [1.165, 1.54) is 12.1 Å². The summed E-state index contributed by atoms with van der Waals surface area (Å²) in [7, 11) is 0. The van der Waals surface area contributed by atoms with Crippen molar-refractivity contribution in [1.82, 2.24) is 0 Å². The van der Waals surface area contributed by atoms with Crippen LogP contribution < -0.4 is 5.32 Å². The highest BCUT2D eigenvalue weighted by molar-refractivity contribution is 5.96. The van der Waals surface area contributed by atoms with Gasteiger partial charge in [-0.1, -0.05) is 52.0 Å². The lowest BCUT2D eigenvalue weighted by atomic mass is 9.92. The first-order valence-corrected chi connectivity index (χ1v) is 9.06. The number of esters is 1. The van der Waals surface area contributed by atoms with Crippen LogP contribution in [0.25, 0.3) is 0 Å². The zero-order chi connectivity index (χ0) is 20.1. The van der Waals surface area contributed by atoms with Crippen LogP contribution in [0.5, 0.6) is 0 Å². The summed E-state index contributed by atoms with van der Waals surface area (Å²) in [4.78, 5) is 24.4. The molecule has 144 valence electrons. The molecule has 0 aromatic heterocycles. The molecule has 0 spiro atoms. The Hall–Kier alpha value is -2.69. The lowest BCUT2D eigenvalue weighted by Gasteiger charge is -2.20. The van der Waals surface area contributed by atoms with Crippen molar-refractivity contribution < 1.29 is 18.7 Å². The first-order valence-electron chi connectivity index (χ1n) is 9.06. The molecule has 0 atom stereocenters. The van der Waals surface area contributed by atoms with E-state index in [1.807, 2.05) is 18.2 Å². The van der Waals surface area contributed by atoms with Gasteiger partial charge in [0.2, 0.25) is 0 Å². The van der Waals surface area contributed by atoms with Gasteiger partial charge in [-0.15, -0.1) is 0 Å². The van der Waals surface area contributed by atoms with E-state index in [4.69, 9.17) is 4.74 Å². The van der Waals surface area contributed by atoms with Gasteiger partial charge in [0.15, 0.2) is 6.61 Å². The van der Waals surface area contributed by atoms with Gasteiger partial charge in [0, 0.05) is 5.69 Å². The van der Waals surface area contributed by atoms with Gasteiger partial charge in [0.25, 0.3) is 5.91 Å². The molecule has 0 aliphatic rings. The van der Waals surface area contributed by atoms with E-state index in [9.17, 15) is 14.0 Å². The summed E-state index contributed by atoms with van der Waals surface area (Å²) < 4.78 is 18.6. The molecule has 0 fully saturated rings. The first-order chi connectivity index (χ1) is 12.7. The molecule has 27 heavy (non-hydrogen) atoms. The summed E-state index contributed by atoms with van der Waals surface area (Å²) in [5, 5.41) is 2.88. The van der Waals surface area contributed by atoms with Gasteiger partial charge in [0.05, 0.1) is 5.56 Å². The van der Waals surface area contributed by atoms with Crippen LogP contribution in [0.3, 0.4) is 0 Å². The molecule has 2 rings (SSSR count). The molecule has 0 aliphatic carbocycles. The topological polar surface area (TPSA) is 55.4 Å². The fourth-order valence-corrected chi connectivity index (χ4v) is 2.81. The number of carbonyl (C=O) groups is 2. The molecule has 0 saturated carbocycles. The standard InChI is InChI=1S/C22H26FNO3/c1-13(2)17-7-6-8-18(14(3)4)21(17)24-20(25)12-27-22(26)16-10-9-15(5)19(23)11-16/h6-11,13-14H,12H2,1-5H3,(H,24,25). The van der Waals surface area contributed by atoms with E-state index in [0.717, 1.165) is 22.9 Å². The van der Waals surface area contributed by atoms with Crippen LogP contribution in [0, 0.1) is 12.7 Å². The van der Waals surface area contributed by atoms with Gasteiger partial charge in [0.1, 0.15) is 5.82 Å². The maximum absolute atomic E-state index is 13.6. The van der Waals surface area contributed by atoms with Crippen molar-refractivity contribution in [2.75, 3.05) is 11.9 Å². The third kappa shape index (κ3) is 5.16. The van der Waals surface area contributed by atoms with Gasteiger partial charge in [-0.2, -0.15) is 0 Å². The second kappa shape index (κ2) is 8.80. The predicted molar refractivity (Wildman–Crippen MR) is 105 cm³/mol. The van der Waals surface area contributed by atoms with E-state index in [2.05, 4.69) is 33.0 Å². The number of aryl methyl sites for hydroxylation is 1. The average molecular weight is 371 g/mol. The number of para-hydroxylation sites is 1. The average Bonchev–Trinajstić information content (AvgIpc) is 2.61. The minimum atomic E-state index is -0.731. The van der Waals surface area contributed by atoms with Crippen LogP contribution in [0.1, 0.15) is 66.6 Å². The first kappa shape index (κ1) is 20.6. The molecule has 1 amide bonds. The van der Waals surface area contributed by atoms with Crippen LogP contribution >= 0.6 is 0 Å². The summed E-state index contributed by atoms with van der Waals surface area (Å²) in [6, 6.07) is 10.0. The summed E-state index contributed by atoms with van der Waals surface area (Å²) in [5.74, 6) is -1.17. The molecule has 4 nitrogen and oxygen atoms in total. The normalized spacial score (nSPS) is 11.0. The highest BCUT2D eigenvalue weighted by atomic mass is 19.1. The number of carbonyl (C=O) groups excluding carboxylic acids is 2. The molecule has 0 heterocycles. The van der Waals surface area contributed by atoms with Crippen molar-refractivity contribution in [1.29, 1.82) is 0 Å². The minimum absolute atomic E-state index is 0.0800. The van der Waals surface area contributed by atoms with E-state index in [1.54, 1.807) is 6.92 Å². The molecule has 2 aromatic rings. The SMILES string of the molecule is Cc1ccc(C(=O)OCC(=O)Nc2c(C(C)C)cccc2C(C)C)cc1F.